The maximum Gasteiger partial charge on any atom is 0.226 e. The van der Waals surface area contributed by atoms with Gasteiger partial charge in [-0.05, 0) is 35.6 Å². The van der Waals surface area contributed by atoms with Gasteiger partial charge in [-0.25, -0.2) is 4.68 Å². The molecule has 2 unspecified atom stereocenters. The van der Waals surface area contributed by atoms with Crippen molar-refractivity contribution in [1.82, 2.24) is 14.8 Å². The molecule has 31 heavy (non-hydrogen) atoms. The molecular formula is C24H22N4O3. The van der Waals surface area contributed by atoms with E-state index >= 15 is 0 Å². The molecule has 2 aliphatic heterocycles. The second-order valence-electron chi connectivity index (χ2n) is 8.14. The molecular weight excluding hydrogens is 392 g/mol. The lowest BCUT2D eigenvalue weighted by molar-refractivity contribution is -0.116. The topological polar surface area (TPSA) is 78.3 Å². The minimum atomic E-state index is -0.338. The summed E-state index contributed by atoms with van der Waals surface area (Å²) in [5.41, 5.74) is 3.82. The van der Waals surface area contributed by atoms with Crippen LogP contribution in [0.1, 0.15) is 42.3 Å². The molecule has 1 aromatic heterocycles. The lowest BCUT2D eigenvalue weighted by Gasteiger charge is -2.35. The number of aromatic nitrogens is 3. The predicted molar refractivity (Wildman–Crippen MR) is 114 cm³/mol. The lowest BCUT2D eigenvalue weighted by Crippen LogP contribution is -2.33. The Kier molecular flexibility index (Phi) is 4.26. The van der Waals surface area contributed by atoms with Crippen LogP contribution in [0.2, 0.25) is 0 Å². The number of carbonyl (C=O) groups is 1. The van der Waals surface area contributed by atoms with E-state index in [-0.39, 0.29) is 17.7 Å². The third-order valence-electron chi connectivity index (χ3n) is 6.22. The van der Waals surface area contributed by atoms with Gasteiger partial charge in [-0.2, -0.15) is 10.1 Å². The number of benzene rings is 2. The molecule has 7 nitrogen and oxygen atoms in total. The Balaban J connectivity index is 1.44. The van der Waals surface area contributed by atoms with Crippen LogP contribution in [0.25, 0.3) is 0 Å². The van der Waals surface area contributed by atoms with E-state index in [1.165, 1.54) is 11.9 Å². The van der Waals surface area contributed by atoms with Crippen molar-refractivity contribution in [3.8, 4) is 11.5 Å². The van der Waals surface area contributed by atoms with Crippen LogP contribution < -0.4 is 14.8 Å². The van der Waals surface area contributed by atoms with Gasteiger partial charge in [-0.3, -0.25) is 4.79 Å². The number of Topliss-reactive ketones (excluding diaryl/α,β-unsaturated/α-hetero) is 1. The van der Waals surface area contributed by atoms with E-state index in [4.69, 9.17) is 9.47 Å². The van der Waals surface area contributed by atoms with Gasteiger partial charge in [0, 0.05) is 24.1 Å². The van der Waals surface area contributed by atoms with Crippen molar-refractivity contribution in [3.05, 3.63) is 77.3 Å². The number of hydrogen-bond donors (Lipinski definition) is 1. The van der Waals surface area contributed by atoms with Gasteiger partial charge < -0.3 is 14.8 Å². The Labute approximate surface area is 179 Å². The molecule has 1 aliphatic carbocycles. The molecule has 0 bridgehead atoms. The van der Waals surface area contributed by atoms with E-state index in [2.05, 4.69) is 27.5 Å². The molecule has 3 heterocycles. The van der Waals surface area contributed by atoms with E-state index in [9.17, 15) is 4.79 Å². The van der Waals surface area contributed by atoms with E-state index in [0.29, 0.717) is 31.3 Å². The summed E-state index contributed by atoms with van der Waals surface area (Å²) in [6, 6.07) is 15.8. The second-order valence-corrected chi connectivity index (χ2v) is 8.14. The summed E-state index contributed by atoms with van der Waals surface area (Å²) in [7, 11) is 0. The minimum Gasteiger partial charge on any atom is -0.490 e. The van der Waals surface area contributed by atoms with Crippen LogP contribution >= 0.6 is 0 Å². The van der Waals surface area contributed by atoms with E-state index in [1.54, 1.807) is 4.68 Å². The minimum absolute atomic E-state index is 0.140. The standard InChI is InChI=1S/C24H22N4O3/c29-19-12-17(15-5-2-1-3-6-15)11-18-22(19)23(28-24(27-18)25-14-26-28)16-7-8-20-21(13-16)31-10-4-9-30-20/h1-3,5-8,13-14,17,23H,4,9-12H2,(H,25,26,27). The van der Waals surface area contributed by atoms with Gasteiger partial charge in [0.15, 0.2) is 17.3 Å². The zero-order valence-electron chi connectivity index (χ0n) is 17.0. The average Bonchev–Trinajstić information content (AvgIpc) is 3.14. The first kappa shape index (κ1) is 18.2. The molecule has 0 spiro atoms. The fourth-order valence-corrected chi connectivity index (χ4v) is 4.77. The number of allylic oxidation sites excluding steroid dienone is 2. The highest BCUT2D eigenvalue weighted by Crippen LogP contribution is 2.45. The third-order valence-corrected chi connectivity index (χ3v) is 6.22. The van der Waals surface area contributed by atoms with E-state index in [0.717, 1.165) is 35.4 Å². The normalized spacial score (nSPS) is 22.3. The zero-order valence-corrected chi connectivity index (χ0v) is 17.0. The number of ketones is 1. The van der Waals surface area contributed by atoms with Crippen LogP contribution in [0.5, 0.6) is 11.5 Å². The summed E-state index contributed by atoms with van der Waals surface area (Å²) in [5, 5.41) is 7.81. The molecule has 2 atom stereocenters. The molecule has 3 aromatic rings. The number of carbonyl (C=O) groups excluding carboxylic acids is 1. The molecule has 0 saturated carbocycles. The summed E-state index contributed by atoms with van der Waals surface area (Å²) in [6.07, 6.45) is 3.61. The van der Waals surface area contributed by atoms with Crippen LogP contribution in [0, 0.1) is 0 Å². The number of ether oxygens (including phenoxy) is 2. The molecule has 0 fully saturated rings. The molecule has 156 valence electrons. The average molecular weight is 414 g/mol. The van der Waals surface area contributed by atoms with Gasteiger partial charge in [0.05, 0.1) is 13.2 Å². The van der Waals surface area contributed by atoms with Gasteiger partial charge in [-0.1, -0.05) is 36.4 Å². The molecule has 3 aliphatic rings. The molecule has 0 amide bonds. The van der Waals surface area contributed by atoms with Crippen LogP contribution in [-0.4, -0.2) is 33.8 Å². The maximum atomic E-state index is 13.5. The number of nitrogens with one attached hydrogen (secondary N) is 1. The Morgan fingerprint density at radius 3 is 2.68 bits per heavy atom. The first-order valence-corrected chi connectivity index (χ1v) is 10.6. The monoisotopic (exact) mass is 414 g/mol. The van der Waals surface area contributed by atoms with Crippen molar-refractivity contribution in [3.63, 3.8) is 0 Å². The highest BCUT2D eigenvalue weighted by atomic mass is 16.5. The molecule has 0 saturated heterocycles. The van der Waals surface area contributed by atoms with Crippen LogP contribution in [0.4, 0.5) is 5.95 Å². The van der Waals surface area contributed by atoms with Gasteiger partial charge in [0.2, 0.25) is 5.95 Å². The first-order chi connectivity index (χ1) is 15.3. The van der Waals surface area contributed by atoms with E-state index in [1.807, 2.05) is 36.4 Å². The lowest BCUT2D eigenvalue weighted by atomic mass is 9.78. The third kappa shape index (κ3) is 3.08. The summed E-state index contributed by atoms with van der Waals surface area (Å²) in [6.45, 7) is 1.25. The van der Waals surface area contributed by atoms with Gasteiger partial charge in [-0.15, -0.1) is 0 Å². The summed E-state index contributed by atoms with van der Waals surface area (Å²) in [4.78, 5) is 17.8. The van der Waals surface area contributed by atoms with Crippen molar-refractivity contribution in [2.75, 3.05) is 18.5 Å². The first-order valence-electron chi connectivity index (χ1n) is 10.6. The van der Waals surface area contributed by atoms with Crippen LogP contribution in [-0.2, 0) is 4.79 Å². The zero-order chi connectivity index (χ0) is 20.8. The molecule has 7 heteroatoms. The Bertz CT molecular complexity index is 1180. The molecule has 1 N–H and O–H groups in total. The summed E-state index contributed by atoms with van der Waals surface area (Å²) in [5.74, 6) is 2.39. The largest absolute Gasteiger partial charge is 0.490 e. The fourth-order valence-electron chi connectivity index (χ4n) is 4.77. The Morgan fingerprint density at radius 2 is 1.81 bits per heavy atom. The maximum absolute atomic E-state index is 13.5. The van der Waals surface area contributed by atoms with E-state index < -0.39 is 0 Å². The number of hydrogen-bond acceptors (Lipinski definition) is 6. The van der Waals surface area contributed by atoms with Gasteiger partial charge >= 0.3 is 0 Å². The number of rotatable bonds is 2. The van der Waals surface area contributed by atoms with Crippen molar-refractivity contribution >= 4 is 11.7 Å². The number of nitrogens with zero attached hydrogens (tertiary/aromatic N) is 3. The van der Waals surface area contributed by atoms with Crippen LogP contribution in [0.3, 0.4) is 0 Å². The number of fused-ring (bicyclic) bond motifs is 2. The molecule has 2 aromatic carbocycles. The Hall–Kier alpha value is -3.61. The smallest absolute Gasteiger partial charge is 0.226 e. The number of anilines is 1. The van der Waals surface area contributed by atoms with Gasteiger partial charge in [0.1, 0.15) is 12.4 Å². The van der Waals surface area contributed by atoms with Crippen molar-refractivity contribution in [2.24, 2.45) is 0 Å². The van der Waals surface area contributed by atoms with Gasteiger partial charge in [0.25, 0.3) is 0 Å². The van der Waals surface area contributed by atoms with Crippen LogP contribution in [0.15, 0.2) is 66.1 Å². The second kappa shape index (κ2) is 7.27. The summed E-state index contributed by atoms with van der Waals surface area (Å²) >= 11 is 0. The fraction of sp³-hybridized carbons (Fsp3) is 0.292. The van der Waals surface area contributed by atoms with Crippen molar-refractivity contribution in [2.45, 2.75) is 31.2 Å². The quantitative estimate of drug-likeness (QED) is 0.686. The Morgan fingerprint density at radius 1 is 0.968 bits per heavy atom. The predicted octanol–water partition coefficient (Wildman–Crippen LogP) is 3.86. The highest BCUT2D eigenvalue weighted by molar-refractivity contribution is 6.00. The van der Waals surface area contributed by atoms with Crippen molar-refractivity contribution < 1.29 is 14.3 Å². The highest BCUT2D eigenvalue weighted by Gasteiger charge is 2.39. The SMILES string of the molecule is O=C1CC(c2ccccc2)CC2=C1C(c1ccc3c(c1)OCCCO3)n1ncnc1N2. The van der Waals surface area contributed by atoms with Crippen molar-refractivity contribution in [1.29, 1.82) is 0 Å². The summed E-state index contributed by atoms with van der Waals surface area (Å²) < 4.78 is 13.5. The molecule has 0 radical (unpaired) electrons. The molecule has 6 rings (SSSR count).